The summed E-state index contributed by atoms with van der Waals surface area (Å²) in [4.78, 5) is 26.4. The van der Waals surface area contributed by atoms with E-state index in [0.717, 1.165) is 0 Å². The number of aromatic nitrogens is 1. The van der Waals surface area contributed by atoms with Crippen LogP contribution in [0, 0.1) is 0 Å². The van der Waals surface area contributed by atoms with E-state index in [2.05, 4.69) is 15.6 Å². The average molecular weight is 222 g/mol. The van der Waals surface area contributed by atoms with Crippen molar-refractivity contribution < 1.29 is 9.59 Å². The first-order valence-corrected chi connectivity index (χ1v) is 4.91. The second-order valence-electron chi connectivity index (χ2n) is 3.08. The maximum Gasteiger partial charge on any atom is 0.270 e. The van der Waals surface area contributed by atoms with Crippen LogP contribution in [0.25, 0.3) is 0 Å². The van der Waals surface area contributed by atoms with Gasteiger partial charge in [0.2, 0.25) is 5.91 Å². The zero-order valence-corrected chi connectivity index (χ0v) is 8.99. The lowest BCUT2D eigenvalue weighted by Crippen LogP contribution is -2.37. The van der Waals surface area contributed by atoms with Crippen molar-refractivity contribution in [3.8, 4) is 0 Å². The van der Waals surface area contributed by atoms with Crippen molar-refractivity contribution in [2.24, 2.45) is 0 Å². The molecule has 16 heavy (non-hydrogen) atoms. The third-order valence-electron chi connectivity index (χ3n) is 1.79. The zero-order chi connectivity index (χ0) is 12.0. The van der Waals surface area contributed by atoms with Gasteiger partial charge in [-0.3, -0.25) is 9.59 Å². The Morgan fingerprint density at radius 1 is 1.38 bits per heavy atom. The molecule has 0 saturated carbocycles. The number of carbonyl (C=O) groups is 2. The minimum absolute atomic E-state index is 0.0663. The van der Waals surface area contributed by atoms with E-state index in [9.17, 15) is 9.59 Å². The molecule has 0 aliphatic carbocycles. The van der Waals surface area contributed by atoms with Gasteiger partial charge in [-0.2, -0.15) is 0 Å². The molecule has 1 rings (SSSR count). The van der Waals surface area contributed by atoms with Gasteiger partial charge in [-0.25, -0.2) is 4.98 Å². The van der Waals surface area contributed by atoms with Crippen LogP contribution in [0.5, 0.6) is 0 Å². The normalized spacial score (nSPS) is 9.56. The second kappa shape index (κ2) is 5.69. The third-order valence-corrected chi connectivity index (χ3v) is 1.79. The maximum atomic E-state index is 11.5. The molecule has 0 bridgehead atoms. The smallest absolute Gasteiger partial charge is 0.270 e. The van der Waals surface area contributed by atoms with Crippen LogP contribution in [0.15, 0.2) is 18.2 Å². The van der Waals surface area contributed by atoms with Crippen molar-refractivity contribution >= 4 is 17.6 Å². The third kappa shape index (κ3) is 3.56. The van der Waals surface area contributed by atoms with Crippen LogP contribution in [0.3, 0.4) is 0 Å². The van der Waals surface area contributed by atoms with Gasteiger partial charge in [0, 0.05) is 6.54 Å². The number of amides is 2. The Hall–Kier alpha value is -2.11. The van der Waals surface area contributed by atoms with Gasteiger partial charge in [-0.05, 0) is 19.1 Å². The number of rotatable bonds is 4. The highest BCUT2D eigenvalue weighted by atomic mass is 16.2. The fourth-order valence-corrected chi connectivity index (χ4v) is 1.09. The molecule has 0 atom stereocenters. The van der Waals surface area contributed by atoms with Crippen molar-refractivity contribution in [2.75, 3.05) is 18.8 Å². The minimum Gasteiger partial charge on any atom is -0.384 e. The number of anilines is 1. The predicted octanol–water partition coefficient (Wildman–Crippen LogP) is -0.470. The minimum atomic E-state index is -0.418. The first-order valence-electron chi connectivity index (χ1n) is 4.91. The molecular formula is C10H14N4O2. The first kappa shape index (κ1) is 12.0. The molecule has 86 valence electrons. The topological polar surface area (TPSA) is 97.1 Å². The lowest BCUT2D eigenvalue weighted by Gasteiger charge is -2.04. The van der Waals surface area contributed by atoms with Gasteiger partial charge in [0.25, 0.3) is 5.91 Å². The molecule has 0 fully saturated rings. The van der Waals surface area contributed by atoms with Crippen molar-refractivity contribution in [1.82, 2.24) is 15.6 Å². The SMILES string of the molecule is CCNC(=O)CNC(=O)c1cccc(N)n1. The molecule has 6 nitrogen and oxygen atoms in total. The average Bonchev–Trinajstić information content (AvgIpc) is 2.26. The highest BCUT2D eigenvalue weighted by Gasteiger charge is 2.08. The molecular weight excluding hydrogens is 208 g/mol. The van der Waals surface area contributed by atoms with Crippen LogP contribution in [-0.2, 0) is 4.79 Å². The number of carbonyl (C=O) groups excluding carboxylic acids is 2. The van der Waals surface area contributed by atoms with Crippen molar-refractivity contribution in [3.63, 3.8) is 0 Å². The van der Waals surface area contributed by atoms with Crippen LogP contribution in [0.4, 0.5) is 5.82 Å². The molecule has 1 aromatic rings. The molecule has 0 aliphatic heterocycles. The van der Waals surface area contributed by atoms with E-state index in [0.29, 0.717) is 6.54 Å². The summed E-state index contributed by atoms with van der Waals surface area (Å²) in [6.45, 7) is 2.27. The molecule has 0 unspecified atom stereocenters. The summed E-state index contributed by atoms with van der Waals surface area (Å²) in [6.07, 6.45) is 0. The number of nitrogens with two attached hydrogens (primary N) is 1. The fourth-order valence-electron chi connectivity index (χ4n) is 1.09. The standard InChI is InChI=1S/C10H14N4O2/c1-2-12-9(15)6-13-10(16)7-4-3-5-8(11)14-7/h3-5H,2,6H2,1H3,(H2,11,14)(H,12,15)(H,13,16). The molecule has 2 amide bonds. The predicted molar refractivity (Wildman–Crippen MR) is 59.7 cm³/mol. The van der Waals surface area contributed by atoms with Gasteiger partial charge in [0.05, 0.1) is 6.54 Å². The Morgan fingerprint density at radius 3 is 2.75 bits per heavy atom. The van der Waals surface area contributed by atoms with Crippen molar-refractivity contribution in [3.05, 3.63) is 23.9 Å². The number of likely N-dealkylation sites (N-methyl/N-ethyl adjacent to an activating group) is 1. The Bertz CT molecular complexity index is 392. The summed E-state index contributed by atoms with van der Waals surface area (Å²) in [5.41, 5.74) is 5.63. The summed E-state index contributed by atoms with van der Waals surface area (Å²) >= 11 is 0. The quantitative estimate of drug-likeness (QED) is 0.641. The number of nitrogens with zero attached hydrogens (tertiary/aromatic N) is 1. The Kier molecular flexibility index (Phi) is 4.26. The van der Waals surface area contributed by atoms with Crippen LogP contribution >= 0.6 is 0 Å². The Morgan fingerprint density at radius 2 is 2.12 bits per heavy atom. The van der Waals surface area contributed by atoms with Crippen LogP contribution < -0.4 is 16.4 Å². The first-order chi connectivity index (χ1) is 7.63. The molecule has 1 heterocycles. The van der Waals surface area contributed by atoms with Gasteiger partial charge in [0.15, 0.2) is 0 Å². The van der Waals surface area contributed by atoms with E-state index in [1.807, 2.05) is 0 Å². The highest BCUT2D eigenvalue weighted by molar-refractivity contribution is 5.95. The number of nitrogen functional groups attached to an aromatic ring is 1. The van der Waals surface area contributed by atoms with Gasteiger partial charge in [0.1, 0.15) is 11.5 Å². The number of hydrogen-bond acceptors (Lipinski definition) is 4. The Balaban J connectivity index is 2.50. The number of pyridine rings is 1. The number of hydrogen-bond donors (Lipinski definition) is 3. The summed E-state index contributed by atoms with van der Waals surface area (Å²) in [5.74, 6) is -0.385. The van der Waals surface area contributed by atoms with Crippen LogP contribution in [0.2, 0.25) is 0 Å². The van der Waals surface area contributed by atoms with Crippen LogP contribution in [-0.4, -0.2) is 29.9 Å². The van der Waals surface area contributed by atoms with E-state index in [-0.39, 0.29) is 24.0 Å². The molecule has 0 radical (unpaired) electrons. The van der Waals surface area contributed by atoms with E-state index in [4.69, 9.17) is 5.73 Å². The lowest BCUT2D eigenvalue weighted by molar-refractivity contribution is -0.120. The van der Waals surface area contributed by atoms with E-state index in [1.54, 1.807) is 19.1 Å². The fraction of sp³-hybridized carbons (Fsp3) is 0.300. The lowest BCUT2D eigenvalue weighted by atomic mass is 10.3. The summed E-state index contributed by atoms with van der Waals surface area (Å²) < 4.78 is 0. The van der Waals surface area contributed by atoms with Crippen molar-refractivity contribution in [2.45, 2.75) is 6.92 Å². The Labute approximate surface area is 93.2 Å². The summed E-state index contributed by atoms with van der Waals surface area (Å²) in [6, 6.07) is 4.74. The highest BCUT2D eigenvalue weighted by Crippen LogP contribution is 1.99. The largest absolute Gasteiger partial charge is 0.384 e. The maximum absolute atomic E-state index is 11.5. The molecule has 0 saturated heterocycles. The van der Waals surface area contributed by atoms with Gasteiger partial charge >= 0.3 is 0 Å². The van der Waals surface area contributed by atoms with Crippen molar-refractivity contribution in [1.29, 1.82) is 0 Å². The summed E-state index contributed by atoms with van der Waals surface area (Å²) in [7, 11) is 0. The van der Waals surface area contributed by atoms with Gasteiger partial charge in [-0.1, -0.05) is 6.07 Å². The van der Waals surface area contributed by atoms with E-state index < -0.39 is 5.91 Å². The summed E-state index contributed by atoms with van der Waals surface area (Å²) in [5, 5.41) is 5.01. The van der Waals surface area contributed by atoms with E-state index >= 15 is 0 Å². The monoisotopic (exact) mass is 222 g/mol. The molecule has 0 spiro atoms. The molecule has 1 aromatic heterocycles. The van der Waals surface area contributed by atoms with Crippen LogP contribution in [0.1, 0.15) is 17.4 Å². The van der Waals surface area contributed by atoms with Gasteiger partial charge in [-0.15, -0.1) is 0 Å². The molecule has 0 aliphatic rings. The second-order valence-corrected chi connectivity index (χ2v) is 3.08. The molecule has 4 N–H and O–H groups in total. The molecule has 0 aromatic carbocycles. The van der Waals surface area contributed by atoms with E-state index in [1.165, 1.54) is 6.07 Å². The zero-order valence-electron chi connectivity index (χ0n) is 8.99. The molecule has 6 heteroatoms. The number of nitrogens with one attached hydrogen (secondary N) is 2. The van der Waals surface area contributed by atoms with Gasteiger partial charge < -0.3 is 16.4 Å².